The van der Waals surface area contributed by atoms with Crippen molar-refractivity contribution in [2.24, 2.45) is 0 Å². The Kier molecular flexibility index (Phi) is 3.51. The number of benzene rings is 1. The van der Waals surface area contributed by atoms with E-state index in [9.17, 15) is 8.42 Å². The maximum absolute atomic E-state index is 11.6. The van der Waals surface area contributed by atoms with Crippen molar-refractivity contribution >= 4 is 10.0 Å². The lowest BCUT2D eigenvalue weighted by Crippen LogP contribution is -2.23. The number of hydrogen-bond acceptors (Lipinski definition) is 2. The van der Waals surface area contributed by atoms with Crippen molar-refractivity contribution in [1.82, 2.24) is 4.72 Å². The van der Waals surface area contributed by atoms with Gasteiger partial charge >= 0.3 is 0 Å². The molecule has 0 bridgehead atoms. The lowest BCUT2D eigenvalue weighted by atomic mass is 10.1. The van der Waals surface area contributed by atoms with E-state index in [0.717, 1.165) is 11.1 Å². The monoisotopic (exact) mass is 223 g/mol. The van der Waals surface area contributed by atoms with Crippen LogP contribution in [0.2, 0.25) is 0 Å². The number of sulfonamides is 1. The molecule has 0 radical (unpaired) electrons. The standard InChI is InChI=1S/C11H13NO2S/c1-4-7-12-15(13,14)11-6-5-9(2)10(3)8-11/h1,5-6,8,12H,7H2,2-3H3. The van der Waals surface area contributed by atoms with E-state index in [0.29, 0.717) is 0 Å². The average Bonchev–Trinajstić information content (AvgIpc) is 2.19. The molecule has 0 aromatic heterocycles. The summed E-state index contributed by atoms with van der Waals surface area (Å²) in [7, 11) is -3.45. The molecule has 80 valence electrons. The van der Waals surface area contributed by atoms with Gasteiger partial charge in [-0.25, -0.2) is 8.42 Å². The normalized spacial score (nSPS) is 11.0. The summed E-state index contributed by atoms with van der Waals surface area (Å²) in [5.41, 5.74) is 2.00. The average molecular weight is 223 g/mol. The van der Waals surface area contributed by atoms with Crippen LogP contribution in [0.3, 0.4) is 0 Å². The van der Waals surface area contributed by atoms with Gasteiger partial charge in [-0.2, -0.15) is 4.72 Å². The van der Waals surface area contributed by atoms with Crippen molar-refractivity contribution in [2.75, 3.05) is 6.54 Å². The van der Waals surface area contributed by atoms with Gasteiger partial charge in [0.05, 0.1) is 11.4 Å². The Morgan fingerprint density at radius 3 is 2.53 bits per heavy atom. The Labute approximate surface area is 90.6 Å². The maximum Gasteiger partial charge on any atom is 0.241 e. The fourth-order valence-corrected chi connectivity index (χ4v) is 2.12. The van der Waals surface area contributed by atoms with Gasteiger partial charge in [0.15, 0.2) is 0 Å². The van der Waals surface area contributed by atoms with Gasteiger partial charge in [-0.15, -0.1) is 6.42 Å². The molecule has 1 aromatic carbocycles. The highest BCUT2D eigenvalue weighted by molar-refractivity contribution is 7.89. The first-order valence-corrected chi connectivity index (χ1v) is 5.96. The van der Waals surface area contributed by atoms with E-state index < -0.39 is 10.0 Å². The van der Waals surface area contributed by atoms with E-state index in [4.69, 9.17) is 6.42 Å². The van der Waals surface area contributed by atoms with Gasteiger partial charge in [0.1, 0.15) is 0 Å². The number of rotatable bonds is 3. The Hall–Kier alpha value is -1.31. The number of hydrogen-bond donors (Lipinski definition) is 1. The second-order valence-electron chi connectivity index (χ2n) is 3.27. The van der Waals surface area contributed by atoms with E-state index in [2.05, 4.69) is 10.6 Å². The third-order valence-electron chi connectivity index (χ3n) is 2.15. The second-order valence-corrected chi connectivity index (χ2v) is 5.04. The molecule has 1 aromatic rings. The van der Waals surface area contributed by atoms with Crippen molar-refractivity contribution in [3.05, 3.63) is 29.3 Å². The van der Waals surface area contributed by atoms with Crippen LogP contribution in [0.5, 0.6) is 0 Å². The third kappa shape index (κ3) is 2.82. The summed E-state index contributed by atoms with van der Waals surface area (Å²) in [5.74, 6) is 2.23. The van der Waals surface area contributed by atoms with Gasteiger partial charge in [-0.1, -0.05) is 12.0 Å². The Morgan fingerprint density at radius 2 is 2.00 bits per heavy atom. The minimum atomic E-state index is -3.45. The molecular formula is C11H13NO2S. The molecule has 0 unspecified atom stereocenters. The smallest absolute Gasteiger partial charge is 0.207 e. The topological polar surface area (TPSA) is 46.2 Å². The van der Waals surface area contributed by atoms with Crippen LogP contribution in [0.4, 0.5) is 0 Å². The second kappa shape index (κ2) is 4.47. The van der Waals surface area contributed by atoms with Crippen molar-refractivity contribution in [3.63, 3.8) is 0 Å². The third-order valence-corrected chi connectivity index (χ3v) is 3.55. The predicted octanol–water partition coefficient (Wildman–Crippen LogP) is 1.21. The van der Waals surface area contributed by atoms with Crippen LogP contribution in [0.25, 0.3) is 0 Å². The number of terminal acetylenes is 1. The molecule has 0 atom stereocenters. The summed E-state index contributed by atoms with van der Waals surface area (Å²) in [4.78, 5) is 0.251. The Bertz CT molecular complexity index is 498. The van der Waals surface area contributed by atoms with Crippen molar-refractivity contribution < 1.29 is 8.42 Å². The fourth-order valence-electron chi connectivity index (χ4n) is 1.10. The molecule has 0 aliphatic carbocycles. The summed E-state index contributed by atoms with van der Waals surface area (Å²) in [6, 6.07) is 4.98. The maximum atomic E-state index is 11.6. The zero-order valence-corrected chi connectivity index (χ0v) is 9.56. The van der Waals surface area contributed by atoms with Crippen LogP contribution in [0, 0.1) is 26.2 Å². The van der Waals surface area contributed by atoms with E-state index in [1.807, 2.05) is 13.8 Å². The fraction of sp³-hybridized carbons (Fsp3) is 0.273. The van der Waals surface area contributed by atoms with Crippen molar-refractivity contribution in [1.29, 1.82) is 0 Å². The summed E-state index contributed by atoms with van der Waals surface area (Å²) in [5, 5.41) is 0. The van der Waals surface area contributed by atoms with E-state index in [1.54, 1.807) is 18.2 Å². The van der Waals surface area contributed by atoms with Gasteiger partial charge < -0.3 is 0 Å². The summed E-state index contributed by atoms with van der Waals surface area (Å²) in [6.45, 7) is 3.81. The van der Waals surface area contributed by atoms with Gasteiger partial charge in [0, 0.05) is 0 Å². The predicted molar refractivity (Wildman–Crippen MR) is 59.9 cm³/mol. The van der Waals surface area contributed by atoms with E-state index >= 15 is 0 Å². The molecule has 0 aliphatic rings. The molecule has 0 spiro atoms. The number of nitrogens with one attached hydrogen (secondary N) is 1. The first-order valence-electron chi connectivity index (χ1n) is 4.48. The molecule has 0 saturated heterocycles. The molecule has 4 heteroatoms. The zero-order chi connectivity index (χ0) is 11.5. The highest BCUT2D eigenvalue weighted by Gasteiger charge is 2.12. The minimum Gasteiger partial charge on any atom is -0.207 e. The molecule has 0 amide bonds. The molecular weight excluding hydrogens is 210 g/mol. The van der Waals surface area contributed by atoms with Gasteiger partial charge in [-0.05, 0) is 37.1 Å². The van der Waals surface area contributed by atoms with Crippen LogP contribution in [-0.2, 0) is 10.0 Å². The van der Waals surface area contributed by atoms with Gasteiger partial charge in [0.2, 0.25) is 10.0 Å². The zero-order valence-electron chi connectivity index (χ0n) is 8.74. The highest BCUT2D eigenvalue weighted by atomic mass is 32.2. The molecule has 1 rings (SSSR count). The molecule has 0 aliphatic heterocycles. The molecule has 0 saturated carbocycles. The molecule has 1 N–H and O–H groups in total. The first kappa shape index (κ1) is 11.8. The van der Waals surface area contributed by atoms with Gasteiger partial charge in [0.25, 0.3) is 0 Å². The highest BCUT2D eigenvalue weighted by Crippen LogP contribution is 2.14. The summed E-state index contributed by atoms with van der Waals surface area (Å²) >= 11 is 0. The first-order chi connectivity index (χ1) is 6.97. The number of aryl methyl sites for hydroxylation is 2. The largest absolute Gasteiger partial charge is 0.241 e. The Morgan fingerprint density at radius 1 is 1.33 bits per heavy atom. The van der Waals surface area contributed by atoms with E-state index in [1.165, 1.54) is 0 Å². The summed E-state index contributed by atoms with van der Waals surface area (Å²) in [6.07, 6.45) is 4.99. The molecule has 15 heavy (non-hydrogen) atoms. The van der Waals surface area contributed by atoms with Crippen LogP contribution < -0.4 is 4.72 Å². The van der Waals surface area contributed by atoms with Crippen molar-refractivity contribution in [2.45, 2.75) is 18.7 Å². The van der Waals surface area contributed by atoms with E-state index in [-0.39, 0.29) is 11.4 Å². The van der Waals surface area contributed by atoms with Gasteiger partial charge in [-0.3, -0.25) is 0 Å². The van der Waals surface area contributed by atoms with Crippen molar-refractivity contribution in [3.8, 4) is 12.3 Å². The lowest BCUT2D eigenvalue weighted by molar-refractivity contribution is 0.586. The summed E-state index contributed by atoms with van der Waals surface area (Å²) < 4.78 is 25.6. The lowest BCUT2D eigenvalue weighted by Gasteiger charge is -2.06. The molecule has 3 nitrogen and oxygen atoms in total. The molecule has 0 fully saturated rings. The van der Waals surface area contributed by atoms with Crippen LogP contribution >= 0.6 is 0 Å². The Balaban J connectivity index is 3.07. The quantitative estimate of drug-likeness (QED) is 0.783. The SMILES string of the molecule is C#CCNS(=O)(=O)c1ccc(C)c(C)c1. The minimum absolute atomic E-state index is 0.00918. The van der Waals surface area contributed by atoms with Crippen LogP contribution in [0.15, 0.2) is 23.1 Å². The molecule has 0 heterocycles. The van der Waals surface area contributed by atoms with Crippen LogP contribution in [0.1, 0.15) is 11.1 Å². The van der Waals surface area contributed by atoms with Crippen LogP contribution in [-0.4, -0.2) is 15.0 Å².